The highest BCUT2D eigenvalue weighted by Crippen LogP contribution is 2.37. The van der Waals surface area contributed by atoms with Crippen molar-refractivity contribution in [2.45, 2.75) is 6.54 Å². The Hall–Kier alpha value is -3.35. The largest absolute Gasteiger partial charge is 0.496 e. The number of hydrogen-bond acceptors (Lipinski definition) is 6. The van der Waals surface area contributed by atoms with Crippen molar-refractivity contribution in [3.05, 3.63) is 48.5 Å². The van der Waals surface area contributed by atoms with Crippen LogP contribution >= 0.6 is 0 Å². The standard InChI is InChI=1S/C18H17N5O2/c1-24-14-7-11(16(25-2)13-6-4-3-5-12(13)14)8-23-10-22-15-17(19)20-9-21-18(15)23/h3-7,9-10H,8H2,1-2H3,(H2,19,20,21). The topological polar surface area (TPSA) is 88.1 Å². The van der Waals surface area contributed by atoms with Crippen LogP contribution in [0.2, 0.25) is 0 Å². The molecule has 2 aromatic carbocycles. The number of ether oxygens (including phenoxy) is 2. The molecule has 0 spiro atoms. The third-order valence-corrected chi connectivity index (χ3v) is 4.23. The van der Waals surface area contributed by atoms with Gasteiger partial charge in [-0.15, -0.1) is 0 Å². The number of rotatable bonds is 4. The minimum absolute atomic E-state index is 0.367. The number of aromatic nitrogens is 4. The molecule has 0 radical (unpaired) electrons. The van der Waals surface area contributed by atoms with E-state index in [9.17, 15) is 0 Å². The first kappa shape index (κ1) is 15.2. The zero-order chi connectivity index (χ0) is 17.4. The van der Waals surface area contributed by atoms with Gasteiger partial charge in [-0.3, -0.25) is 0 Å². The van der Waals surface area contributed by atoms with Crippen LogP contribution in [0.5, 0.6) is 11.5 Å². The maximum absolute atomic E-state index is 5.87. The third-order valence-electron chi connectivity index (χ3n) is 4.23. The molecule has 0 bridgehead atoms. The van der Waals surface area contributed by atoms with Gasteiger partial charge >= 0.3 is 0 Å². The van der Waals surface area contributed by atoms with Crippen molar-refractivity contribution in [2.75, 3.05) is 20.0 Å². The molecule has 2 heterocycles. The molecule has 4 rings (SSSR count). The van der Waals surface area contributed by atoms with Gasteiger partial charge in [0.05, 0.1) is 27.1 Å². The van der Waals surface area contributed by atoms with Crippen LogP contribution in [0.4, 0.5) is 5.82 Å². The molecule has 0 aliphatic rings. The van der Waals surface area contributed by atoms with Gasteiger partial charge in [-0.2, -0.15) is 0 Å². The fraction of sp³-hybridized carbons (Fsp3) is 0.167. The summed E-state index contributed by atoms with van der Waals surface area (Å²) < 4.78 is 13.2. The van der Waals surface area contributed by atoms with E-state index in [0.29, 0.717) is 23.5 Å². The Morgan fingerprint density at radius 2 is 1.84 bits per heavy atom. The van der Waals surface area contributed by atoms with Crippen LogP contribution in [0.1, 0.15) is 5.56 Å². The Morgan fingerprint density at radius 1 is 1.04 bits per heavy atom. The van der Waals surface area contributed by atoms with Crippen molar-refractivity contribution < 1.29 is 9.47 Å². The first-order valence-electron chi connectivity index (χ1n) is 7.77. The smallest absolute Gasteiger partial charge is 0.165 e. The fourth-order valence-corrected chi connectivity index (χ4v) is 3.10. The van der Waals surface area contributed by atoms with Gasteiger partial charge in [-0.1, -0.05) is 24.3 Å². The summed E-state index contributed by atoms with van der Waals surface area (Å²) in [6, 6.07) is 9.98. The van der Waals surface area contributed by atoms with Crippen LogP contribution in [0.25, 0.3) is 21.9 Å². The van der Waals surface area contributed by atoms with Gasteiger partial charge in [0.2, 0.25) is 0 Å². The molecule has 0 saturated carbocycles. The molecule has 0 amide bonds. The van der Waals surface area contributed by atoms with E-state index in [2.05, 4.69) is 15.0 Å². The lowest BCUT2D eigenvalue weighted by Gasteiger charge is -2.15. The van der Waals surface area contributed by atoms with Crippen LogP contribution in [-0.2, 0) is 6.54 Å². The SMILES string of the molecule is COc1cc(Cn2cnc3c(N)ncnc32)c(OC)c2ccccc12. The highest BCUT2D eigenvalue weighted by atomic mass is 16.5. The summed E-state index contributed by atoms with van der Waals surface area (Å²) in [7, 11) is 3.34. The lowest BCUT2D eigenvalue weighted by Crippen LogP contribution is -2.04. The van der Waals surface area contributed by atoms with Gasteiger partial charge in [-0.05, 0) is 6.07 Å². The normalized spacial score (nSPS) is 11.1. The maximum Gasteiger partial charge on any atom is 0.165 e. The van der Waals surface area contributed by atoms with Gasteiger partial charge in [0, 0.05) is 16.3 Å². The van der Waals surface area contributed by atoms with Gasteiger partial charge in [0.15, 0.2) is 11.5 Å². The number of benzene rings is 2. The Balaban J connectivity index is 1.90. The Morgan fingerprint density at radius 3 is 2.60 bits per heavy atom. The van der Waals surface area contributed by atoms with Crippen molar-refractivity contribution in [3.8, 4) is 11.5 Å². The third kappa shape index (κ3) is 2.40. The predicted molar refractivity (Wildman–Crippen MR) is 95.9 cm³/mol. The molecule has 7 heteroatoms. The second kappa shape index (κ2) is 5.94. The van der Waals surface area contributed by atoms with Crippen molar-refractivity contribution in [1.29, 1.82) is 0 Å². The predicted octanol–water partition coefficient (Wildman–Crippen LogP) is 2.63. The lowest BCUT2D eigenvalue weighted by molar-refractivity contribution is 0.405. The Bertz CT molecular complexity index is 1070. The van der Waals surface area contributed by atoms with Crippen LogP contribution in [0.3, 0.4) is 0 Å². The molecule has 4 aromatic rings. The molecule has 2 N–H and O–H groups in total. The molecule has 0 saturated heterocycles. The lowest BCUT2D eigenvalue weighted by atomic mass is 10.0. The zero-order valence-corrected chi connectivity index (χ0v) is 13.9. The number of fused-ring (bicyclic) bond motifs is 2. The average Bonchev–Trinajstić information content (AvgIpc) is 3.05. The van der Waals surface area contributed by atoms with Crippen LogP contribution < -0.4 is 15.2 Å². The maximum atomic E-state index is 5.87. The summed E-state index contributed by atoms with van der Waals surface area (Å²) in [5, 5.41) is 2.01. The molecule has 0 atom stereocenters. The van der Waals surface area contributed by atoms with Crippen LogP contribution in [-0.4, -0.2) is 33.7 Å². The summed E-state index contributed by atoms with van der Waals surface area (Å²) in [6.07, 6.45) is 3.14. The fourth-order valence-electron chi connectivity index (χ4n) is 3.10. The Labute approximate surface area is 144 Å². The van der Waals surface area contributed by atoms with Crippen molar-refractivity contribution in [1.82, 2.24) is 19.5 Å². The molecule has 0 aliphatic heterocycles. The molecule has 0 fully saturated rings. The first-order valence-corrected chi connectivity index (χ1v) is 7.77. The molecule has 126 valence electrons. The minimum atomic E-state index is 0.367. The molecule has 2 aromatic heterocycles. The van der Waals surface area contributed by atoms with Crippen molar-refractivity contribution >= 4 is 27.8 Å². The number of methoxy groups -OCH3 is 2. The van der Waals surface area contributed by atoms with E-state index in [1.165, 1.54) is 6.33 Å². The van der Waals surface area contributed by atoms with Gasteiger partial charge < -0.3 is 19.8 Å². The summed E-state index contributed by atoms with van der Waals surface area (Å²) in [5.74, 6) is 1.97. The van der Waals surface area contributed by atoms with E-state index in [1.807, 2.05) is 34.9 Å². The van der Waals surface area contributed by atoms with Crippen molar-refractivity contribution in [3.63, 3.8) is 0 Å². The van der Waals surface area contributed by atoms with Crippen LogP contribution in [0, 0.1) is 0 Å². The van der Waals surface area contributed by atoms with E-state index in [4.69, 9.17) is 15.2 Å². The number of hydrogen-bond donors (Lipinski definition) is 1. The van der Waals surface area contributed by atoms with E-state index in [-0.39, 0.29) is 0 Å². The van der Waals surface area contributed by atoms with Gasteiger partial charge in [0.25, 0.3) is 0 Å². The molecule has 25 heavy (non-hydrogen) atoms. The van der Waals surface area contributed by atoms with Gasteiger partial charge in [0.1, 0.15) is 23.3 Å². The number of anilines is 1. The second-order valence-electron chi connectivity index (χ2n) is 5.62. The summed E-state index contributed by atoms with van der Waals surface area (Å²) in [6.45, 7) is 0.525. The van der Waals surface area contributed by atoms with E-state index in [0.717, 1.165) is 27.8 Å². The highest BCUT2D eigenvalue weighted by Gasteiger charge is 2.15. The number of nitrogens with two attached hydrogens (primary N) is 1. The molecule has 0 aliphatic carbocycles. The molecular formula is C18H17N5O2. The summed E-state index contributed by atoms with van der Waals surface area (Å²) >= 11 is 0. The number of imidazole rings is 1. The molecular weight excluding hydrogens is 318 g/mol. The second-order valence-corrected chi connectivity index (χ2v) is 5.62. The van der Waals surface area contributed by atoms with E-state index in [1.54, 1.807) is 20.5 Å². The summed E-state index contributed by atoms with van der Waals surface area (Å²) in [4.78, 5) is 12.6. The molecule has 7 nitrogen and oxygen atoms in total. The monoisotopic (exact) mass is 335 g/mol. The number of nitrogens with zero attached hydrogens (tertiary/aromatic N) is 4. The van der Waals surface area contributed by atoms with E-state index >= 15 is 0 Å². The highest BCUT2D eigenvalue weighted by molar-refractivity contribution is 5.94. The minimum Gasteiger partial charge on any atom is -0.496 e. The molecule has 0 unspecified atom stereocenters. The average molecular weight is 335 g/mol. The zero-order valence-electron chi connectivity index (χ0n) is 13.9. The van der Waals surface area contributed by atoms with E-state index < -0.39 is 0 Å². The number of nitrogen functional groups attached to an aromatic ring is 1. The quantitative estimate of drug-likeness (QED) is 0.617. The van der Waals surface area contributed by atoms with Gasteiger partial charge in [-0.25, -0.2) is 15.0 Å². The van der Waals surface area contributed by atoms with Crippen LogP contribution in [0.15, 0.2) is 43.0 Å². The summed E-state index contributed by atoms with van der Waals surface area (Å²) in [5.41, 5.74) is 8.11. The van der Waals surface area contributed by atoms with Crippen molar-refractivity contribution in [2.24, 2.45) is 0 Å². The first-order chi connectivity index (χ1) is 12.2. The Kier molecular flexibility index (Phi) is 3.61.